The first-order valence-corrected chi connectivity index (χ1v) is 15.2. The van der Waals surface area contributed by atoms with Gasteiger partial charge in [-0.3, -0.25) is 19.2 Å². The van der Waals surface area contributed by atoms with Crippen LogP contribution in [0.2, 0.25) is 5.02 Å². The summed E-state index contributed by atoms with van der Waals surface area (Å²) in [6.07, 6.45) is 3.67. The van der Waals surface area contributed by atoms with Crippen LogP contribution in [0.3, 0.4) is 0 Å². The highest BCUT2D eigenvalue weighted by Gasteiger charge is 2.37. The summed E-state index contributed by atoms with van der Waals surface area (Å²) in [5, 5.41) is 6.27. The van der Waals surface area contributed by atoms with Crippen molar-refractivity contribution in [2.45, 2.75) is 96.4 Å². The fourth-order valence-corrected chi connectivity index (χ4v) is 6.19. The Labute approximate surface area is 253 Å². The smallest absolute Gasteiger partial charge is 0.246 e. The molecular weight excluding hydrogens is 554 g/mol. The summed E-state index contributed by atoms with van der Waals surface area (Å²) in [6, 6.07) is 11.5. The third-order valence-corrected chi connectivity index (χ3v) is 8.84. The van der Waals surface area contributed by atoms with Crippen LogP contribution in [0.25, 0.3) is 0 Å². The molecule has 4 atom stereocenters. The molecule has 4 N–H and O–H groups in total. The lowest BCUT2D eigenvalue weighted by molar-refractivity contribution is -0.145. The van der Waals surface area contributed by atoms with Crippen molar-refractivity contribution in [2.24, 2.45) is 5.73 Å². The number of likely N-dealkylation sites (tertiary alicyclic amines) is 1. The Bertz CT molecular complexity index is 1310. The summed E-state index contributed by atoms with van der Waals surface area (Å²) in [7, 11) is 0. The summed E-state index contributed by atoms with van der Waals surface area (Å²) in [5.41, 5.74) is 9.11. The molecule has 0 aromatic heterocycles. The minimum absolute atomic E-state index is 0.0172. The molecule has 2 aliphatic heterocycles. The predicted octanol–water partition coefficient (Wildman–Crippen LogP) is 3.94. The Hall–Kier alpha value is -3.43. The maximum Gasteiger partial charge on any atom is 0.246 e. The van der Waals surface area contributed by atoms with Crippen molar-refractivity contribution < 1.29 is 19.2 Å². The third kappa shape index (κ3) is 7.50. The van der Waals surface area contributed by atoms with Crippen LogP contribution < -0.4 is 16.4 Å². The molecule has 0 aliphatic carbocycles. The standard InChI is InChI=1S/C32H42ClN5O4/c1-20-17-25(11-12-26(20)33)35-31(41)27(15-16-34)36-32(42)28-18-23-9-4-5-10-24(23)19-37(28)29(39)13-14-30(40)38-21(2)7-6-8-22(38)3/h4-5,9-12,17,21-22,27-28H,6-8,13-16,18-19,34H2,1-3H3,(H,35,41)(H,36,42)/t21-,22-,27?,28-/m0/s1. The Morgan fingerprint density at radius 3 is 2.33 bits per heavy atom. The van der Waals surface area contributed by atoms with Crippen molar-refractivity contribution >= 4 is 40.9 Å². The highest BCUT2D eigenvalue weighted by molar-refractivity contribution is 6.31. The minimum Gasteiger partial charge on any atom is -0.342 e. The zero-order valence-electron chi connectivity index (χ0n) is 24.7. The molecule has 2 aromatic rings. The second-order valence-corrected chi connectivity index (χ2v) is 11.9. The molecule has 0 radical (unpaired) electrons. The molecule has 9 nitrogen and oxygen atoms in total. The SMILES string of the molecule is Cc1cc(NC(=O)C(CCN)NC(=O)[C@@H]2Cc3ccccc3CN2C(=O)CCC(=O)N2[C@@H](C)CCC[C@@H]2C)ccc1Cl. The summed E-state index contributed by atoms with van der Waals surface area (Å²) in [6.45, 7) is 6.39. The molecule has 0 spiro atoms. The van der Waals surface area contributed by atoms with E-state index in [4.69, 9.17) is 17.3 Å². The van der Waals surface area contributed by atoms with Crippen LogP contribution in [0.5, 0.6) is 0 Å². The van der Waals surface area contributed by atoms with E-state index in [1.54, 1.807) is 23.1 Å². The minimum atomic E-state index is -0.892. The van der Waals surface area contributed by atoms with E-state index >= 15 is 0 Å². The molecular formula is C32H42ClN5O4. The number of carbonyl (C=O) groups is 4. The quantitative estimate of drug-likeness (QED) is 0.405. The lowest BCUT2D eigenvalue weighted by Gasteiger charge is -2.39. The topological polar surface area (TPSA) is 125 Å². The number of nitrogens with two attached hydrogens (primary N) is 1. The van der Waals surface area contributed by atoms with Gasteiger partial charge < -0.3 is 26.2 Å². The van der Waals surface area contributed by atoms with E-state index in [0.717, 1.165) is 36.0 Å². The van der Waals surface area contributed by atoms with E-state index in [0.29, 0.717) is 17.1 Å². The lowest BCUT2D eigenvalue weighted by Crippen LogP contribution is -2.56. The van der Waals surface area contributed by atoms with E-state index in [-0.39, 0.29) is 56.3 Å². The summed E-state index contributed by atoms with van der Waals surface area (Å²) >= 11 is 6.11. The van der Waals surface area contributed by atoms with Gasteiger partial charge in [-0.25, -0.2) is 0 Å². The first-order valence-electron chi connectivity index (χ1n) is 14.8. The molecule has 1 saturated heterocycles. The number of fused-ring (bicyclic) bond motifs is 1. The van der Waals surface area contributed by atoms with Crippen LogP contribution >= 0.6 is 11.6 Å². The van der Waals surface area contributed by atoms with Crippen LogP contribution in [0.4, 0.5) is 5.69 Å². The van der Waals surface area contributed by atoms with Crippen LogP contribution in [0, 0.1) is 6.92 Å². The van der Waals surface area contributed by atoms with Crippen molar-refractivity contribution in [2.75, 3.05) is 11.9 Å². The molecule has 4 rings (SSSR count). The molecule has 1 fully saturated rings. The van der Waals surface area contributed by atoms with E-state index in [9.17, 15) is 19.2 Å². The zero-order valence-corrected chi connectivity index (χ0v) is 25.5. The summed E-state index contributed by atoms with van der Waals surface area (Å²) in [4.78, 5) is 57.0. The van der Waals surface area contributed by atoms with E-state index in [1.807, 2.05) is 36.1 Å². The number of nitrogens with zero attached hydrogens (tertiary/aromatic N) is 2. The van der Waals surface area contributed by atoms with Crippen molar-refractivity contribution in [3.05, 3.63) is 64.2 Å². The van der Waals surface area contributed by atoms with Crippen molar-refractivity contribution in [3.63, 3.8) is 0 Å². The van der Waals surface area contributed by atoms with Gasteiger partial charge in [-0.05, 0) is 87.9 Å². The molecule has 2 aliphatic rings. The van der Waals surface area contributed by atoms with E-state index < -0.39 is 23.9 Å². The molecule has 4 amide bonds. The van der Waals surface area contributed by atoms with Crippen molar-refractivity contribution in [1.82, 2.24) is 15.1 Å². The number of hydrogen-bond acceptors (Lipinski definition) is 5. The zero-order chi connectivity index (χ0) is 30.4. The number of hydrogen-bond donors (Lipinski definition) is 3. The van der Waals surface area contributed by atoms with Gasteiger partial charge >= 0.3 is 0 Å². The number of benzene rings is 2. The van der Waals surface area contributed by atoms with Gasteiger partial charge in [0, 0.05) is 48.6 Å². The van der Waals surface area contributed by atoms with Crippen LogP contribution in [-0.4, -0.2) is 64.1 Å². The average molecular weight is 596 g/mol. The van der Waals surface area contributed by atoms with Gasteiger partial charge in [0.25, 0.3) is 0 Å². The summed E-state index contributed by atoms with van der Waals surface area (Å²) < 4.78 is 0. The second-order valence-electron chi connectivity index (χ2n) is 11.5. The molecule has 1 unspecified atom stereocenters. The Morgan fingerprint density at radius 1 is 1.00 bits per heavy atom. The Morgan fingerprint density at radius 2 is 1.67 bits per heavy atom. The molecule has 0 saturated carbocycles. The van der Waals surface area contributed by atoms with Gasteiger partial charge in [-0.1, -0.05) is 35.9 Å². The van der Waals surface area contributed by atoms with Gasteiger partial charge in [0.15, 0.2) is 0 Å². The highest BCUT2D eigenvalue weighted by Crippen LogP contribution is 2.27. The number of amides is 4. The van der Waals surface area contributed by atoms with Gasteiger partial charge in [-0.15, -0.1) is 0 Å². The number of halogens is 1. The monoisotopic (exact) mass is 595 g/mol. The Kier molecular flexibility index (Phi) is 10.6. The summed E-state index contributed by atoms with van der Waals surface area (Å²) in [5.74, 6) is -1.12. The number of carbonyl (C=O) groups excluding carboxylic acids is 4. The maximum atomic E-state index is 13.7. The van der Waals surface area contributed by atoms with Crippen LogP contribution in [-0.2, 0) is 32.1 Å². The average Bonchev–Trinajstić information content (AvgIpc) is 2.96. The van der Waals surface area contributed by atoms with Crippen molar-refractivity contribution in [3.8, 4) is 0 Å². The van der Waals surface area contributed by atoms with Gasteiger partial charge in [0.2, 0.25) is 23.6 Å². The predicted molar refractivity (Wildman–Crippen MR) is 164 cm³/mol. The fraction of sp³-hybridized carbons (Fsp3) is 0.500. The normalized spacial score (nSPS) is 20.8. The van der Waals surface area contributed by atoms with Crippen molar-refractivity contribution in [1.29, 1.82) is 0 Å². The van der Waals surface area contributed by atoms with E-state index in [2.05, 4.69) is 24.5 Å². The van der Waals surface area contributed by atoms with Gasteiger partial charge in [-0.2, -0.15) is 0 Å². The maximum absolute atomic E-state index is 13.7. The number of rotatable bonds is 9. The number of anilines is 1. The largest absolute Gasteiger partial charge is 0.342 e. The first kappa shape index (κ1) is 31.5. The van der Waals surface area contributed by atoms with Gasteiger partial charge in [0.1, 0.15) is 12.1 Å². The van der Waals surface area contributed by atoms with Crippen LogP contribution in [0.15, 0.2) is 42.5 Å². The molecule has 42 heavy (non-hydrogen) atoms. The van der Waals surface area contributed by atoms with Crippen LogP contribution in [0.1, 0.15) is 69.1 Å². The van der Waals surface area contributed by atoms with Gasteiger partial charge in [0.05, 0.1) is 0 Å². The highest BCUT2D eigenvalue weighted by atomic mass is 35.5. The second kappa shape index (κ2) is 14.2. The first-order chi connectivity index (χ1) is 20.1. The third-order valence-electron chi connectivity index (χ3n) is 8.42. The molecule has 0 bridgehead atoms. The number of nitrogens with one attached hydrogen (secondary N) is 2. The van der Waals surface area contributed by atoms with E-state index in [1.165, 1.54) is 0 Å². The fourth-order valence-electron chi connectivity index (χ4n) is 6.07. The molecule has 2 aromatic carbocycles. The number of aryl methyl sites for hydroxylation is 1. The number of piperidine rings is 1. The molecule has 10 heteroatoms. The molecule has 226 valence electrons. The lowest BCUT2D eigenvalue weighted by atomic mass is 9.92. The molecule has 2 heterocycles. The Balaban J connectivity index is 1.47.